The van der Waals surface area contributed by atoms with Crippen molar-refractivity contribution in [2.24, 2.45) is 5.92 Å². The van der Waals surface area contributed by atoms with Crippen LogP contribution < -0.4 is 10.6 Å². The molecule has 6 nitrogen and oxygen atoms in total. The second-order valence-electron chi connectivity index (χ2n) is 8.01. The first-order valence-corrected chi connectivity index (χ1v) is 11.6. The molecule has 0 spiro atoms. The van der Waals surface area contributed by atoms with E-state index in [1.807, 2.05) is 66.7 Å². The summed E-state index contributed by atoms with van der Waals surface area (Å²) in [5.41, 5.74) is 1.89. The molecule has 0 radical (unpaired) electrons. The number of rotatable bonds is 6. The molecule has 2 aromatic rings. The van der Waals surface area contributed by atoms with E-state index in [0.717, 1.165) is 11.1 Å². The second kappa shape index (κ2) is 12.8. The average molecular weight is 469 g/mol. The molecule has 1 aliphatic heterocycles. The largest absolute Gasteiger partial charge is 0.456 e. The van der Waals surface area contributed by atoms with E-state index in [-0.39, 0.29) is 37.2 Å². The molecule has 2 atom stereocenters. The van der Waals surface area contributed by atoms with E-state index in [1.54, 1.807) is 0 Å². The van der Waals surface area contributed by atoms with Crippen LogP contribution in [0, 0.1) is 5.92 Å². The molecule has 1 heterocycles. The zero-order valence-electron chi connectivity index (χ0n) is 18.5. The van der Waals surface area contributed by atoms with Gasteiger partial charge in [-0.1, -0.05) is 66.2 Å². The summed E-state index contributed by atoms with van der Waals surface area (Å²) in [6, 6.07) is 16.8. The summed E-state index contributed by atoms with van der Waals surface area (Å²) in [6.45, 7) is 0.643. The summed E-state index contributed by atoms with van der Waals surface area (Å²) in [5, 5.41) is 6.44. The van der Waals surface area contributed by atoms with Gasteiger partial charge in [-0.2, -0.15) is 0 Å². The Bertz CT molecular complexity index is 960. The summed E-state index contributed by atoms with van der Waals surface area (Å²) in [6.07, 6.45) is 5.15. The third-order valence-corrected chi connectivity index (χ3v) is 5.71. The predicted molar refractivity (Wildman–Crippen MR) is 128 cm³/mol. The van der Waals surface area contributed by atoms with Crippen LogP contribution in [0.4, 0.5) is 0 Å². The molecule has 33 heavy (non-hydrogen) atoms. The van der Waals surface area contributed by atoms with E-state index in [0.29, 0.717) is 30.8 Å². The minimum Gasteiger partial charge on any atom is -0.456 e. The van der Waals surface area contributed by atoms with Crippen molar-refractivity contribution in [3.05, 3.63) is 82.9 Å². The molecule has 174 valence electrons. The molecule has 0 saturated carbocycles. The number of carbonyl (C=O) groups is 3. The van der Waals surface area contributed by atoms with Gasteiger partial charge in [-0.3, -0.25) is 14.4 Å². The molecule has 1 aliphatic rings. The number of nitrogens with one attached hydrogen (secondary N) is 2. The minimum absolute atomic E-state index is 0.0899. The van der Waals surface area contributed by atoms with Gasteiger partial charge in [0.15, 0.2) is 0 Å². The van der Waals surface area contributed by atoms with Crippen molar-refractivity contribution in [1.82, 2.24) is 10.6 Å². The summed E-state index contributed by atoms with van der Waals surface area (Å²) in [4.78, 5) is 37.5. The molecular weight excluding hydrogens is 440 g/mol. The Kier molecular flexibility index (Phi) is 9.51. The van der Waals surface area contributed by atoms with Gasteiger partial charge in [0, 0.05) is 24.4 Å². The van der Waals surface area contributed by atoms with Crippen LogP contribution in [0.5, 0.6) is 0 Å². The first-order chi connectivity index (χ1) is 16.0. The second-order valence-corrected chi connectivity index (χ2v) is 8.44. The van der Waals surface area contributed by atoms with Gasteiger partial charge >= 0.3 is 5.97 Å². The van der Waals surface area contributed by atoms with Crippen molar-refractivity contribution >= 4 is 29.4 Å². The molecule has 2 amide bonds. The number of allylic oxidation sites excluding steroid dienone is 2. The summed E-state index contributed by atoms with van der Waals surface area (Å²) >= 11 is 5.90. The van der Waals surface area contributed by atoms with Crippen LogP contribution >= 0.6 is 11.6 Å². The van der Waals surface area contributed by atoms with Crippen LogP contribution in [0.15, 0.2) is 66.7 Å². The molecule has 3 rings (SSSR count). The highest BCUT2D eigenvalue weighted by molar-refractivity contribution is 6.30. The first kappa shape index (κ1) is 24.5. The smallest absolute Gasteiger partial charge is 0.306 e. The lowest BCUT2D eigenvalue weighted by atomic mass is 9.98. The van der Waals surface area contributed by atoms with Gasteiger partial charge in [-0.05, 0) is 42.5 Å². The molecule has 0 fully saturated rings. The van der Waals surface area contributed by atoms with Crippen molar-refractivity contribution < 1.29 is 19.1 Å². The Morgan fingerprint density at radius 2 is 1.82 bits per heavy atom. The molecular formula is C26H29ClN2O4. The third-order valence-electron chi connectivity index (χ3n) is 5.46. The van der Waals surface area contributed by atoms with E-state index in [4.69, 9.17) is 16.3 Å². The molecule has 0 unspecified atom stereocenters. The number of halogens is 1. The van der Waals surface area contributed by atoms with Gasteiger partial charge < -0.3 is 15.4 Å². The molecule has 0 aliphatic carbocycles. The van der Waals surface area contributed by atoms with Crippen LogP contribution in [-0.4, -0.2) is 30.9 Å². The molecule has 2 aromatic carbocycles. The Morgan fingerprint density at radius 1 is 1.06 bits per heavy atom. The van der Waals surface area contributed by atoms with Crippen molar-refractivity contribution in [3.8, 4) is 0 Å². The maximum absolute atomic E-state index is 12.9. The highest BCUT2D eigenvalue weighted by Gasteiger charge is 2.24. The van der Waals surface area contributed by atoms with E-state index in [9.17, 15) is 14.4 Å². The van der Waals surface area contributed by atoms with Gasteiger partial charge in [-0.15, -0.1) is 0 Å². The number of esters is 1. The summed E-state index contributed by atoms with van der Waals surface area (Å²) < 4.78 is 5.60. The van der Waals surface area contributed by atoms with Crippen molar-refractivity contribution in [2.75, 3.05) is 13.1 Å². The van der Waals surface area contributed by atoms with Crippen molar-refractivity contribution in [3.63, 3.8) is 0 Å². The van der Waals surface area contributed by atoms with Crippen LogP contribution in [0.1, 0.15) is 42.9 Å². The number of ether oxygens (including phenoxy) is 1. The van der Waals surface area contributed by atoms with Gasteiger partial charge in [0.05, 0.1) is 12.5 Å². The Balaban J connectivity index is 1.57. The lowest BCUT2D eigenvalue weighted by molar-refractivity contribution is -0.150. The zero-order valence-corrected chi connectivity index (χ0v) is 19.2. The molecule has 2 N–H and O–H groups in total. The maximum atomic E-state index is 12.9. The van der Waals surface area contributed by atoms with Crippen LogP contribution in [0.25, 0.3) is 0 Å². The van der Waals surface area contributed by atoms with Crippen molar-refractivity contribution in [1.29, 1.82) is 0 Å². The maximum Gasteiger partial charge on any atom is 0.306 e. The lowest BCUT2D eigenvalue weighted by Crippen LogP contribution is -2.38. The number of hydrogen-bond acceptors (Lipinski definition) is 4. The number of hydrogen-bond donors (Lipinski definition) is 2. The van der Waals surface area contributed by atoms with Crippen LogP contribution in [-0.2, 0) is 25.5 Å². The Hall–Kier alpha value is -3.12. The Labute approximate surface area is 199 Å². The highest BCUT2D eigenvalue weighted by atomic mass is 35.5. The van der Waals surface area contributed by atoms with Crippen LogP contribution in [0.3, 0.4) is 0 Å². The zero-order chi connectivity index (χ0) is 23.5. The summed E-state index contributed by atoms with van der Waals surface area (Å²) in [5.74, 6) is -1.20. The van der Waals surface area contributed by atoms with E-state index in [1.165, 1.54) is 0 Å². The fourth-order valence-corrected chi connectivity index (χ4v) is 3.73. The van der Waals surface area contributed by atoms with E-state index in [2.05, 4.69) is 10.6 Å². The fourth-order valence-electron chi connectivity index (χ4n) is 3.61. The average Bonchev–Trinajstić information content (AvgIpc) is 2.81. The molecule has 0 aromatic heterocycles. The van der Waals surface area contributed by atoms with Gasteiger partial charge in [0.25, 0.3) is 0 Å². The number of amides is 2. The number of benzene rings is 2. The summed E-state index contributed by atoms with van der Waals surface area (Å²) in [7, 11) is 0. The van der Waals surface area contributed by atoms with E-state index < -0.39 is 12.0 Å². The molecule has 7 heteroatoms. The van der Waals surface area contributed by atoms with Gasteiger partial charge in [0.2, 0.25) is 11.8 Å². The topological polar surface area (TPSA) is 84.5 Å². The third kappa shape index (κ3) is 8.39. The highest BCUT2D eigenvalue weighted by Crippen LogP contribution is 2.19. The fraction of sp³-hybridized carbons (Fsp3) is 0.346. The first-order valence-electron chi connectivity index (χ1n) is 11.2. The Morgan fingerprint density at radius 3 is 2.58 bits per heavy atom. The minimum atomic E-state index is -0.570. The normalized spacial score (nSPS) is 20.5. The number of cyclic esters (lactones) is 1. The lowest BCUT2D eigenvalue weighted by Gasteiger charge is -2.21. The molecule has 0 bridgehead atoms. The van der Waals surface area contributed by atoms with E-state index >= 15 is 0 Å². The predicted octanol–water partition coefficient (Wildman–Crippen LogP) is 4.15. The monoisotopic (exact) mass is 468 g/mol. The standard InChI is InChI=1S/C26H29ClN2O4/c27-22-13-11-19(12-14-22)15-16-28-24(30)17-21-9-5-2-6-10-25(31)33-23(18-29-26(21)32)20-7-3-1-4-8-20/h1-5,7-8,11-14,21,23H,6,9-10,15-18H2,(H,28,30)(H,29,32)/b5-2+/t21-,23-/m0/s1. The van der Waals surface area contributed by atoms with Crippen LogP contribution in [0.2, 0.25) is 5.02 Å². The molecule has 0 saturated heterocycles. The van der Waals surface area contributed by atoms with Gasteiger partial charge in [-0.25, -0.2) is 0 Å². The van der Waals surface area contributed by atoms with Crippen molar-refractivity contribution in [2.45, 2.75) is 38.2 Å². The quantitative estimate of drug-likeness (QED) is 0.492. The van der Waals surface area contributed by atoms with Gasteiger partial charge in [0.1, 0.15) is 6.10 Å². The SMILES string of the molecule is O=C(C[C@@H]1C/C=C/CCC(=O)O[C@H](c2ccccc2)CNC1=O)NCCc1ccc(Cl)cc1. The number of carbonyl (C=O) groups excluding carboxylic acids is 3.